The van der Waals surface area contributed by atoms with Gasteiger partial charge in [-0.25, -0.2) is 0 Å². The molecule has 2 aromatic rings. The number of hydrogen-bond donors (Lipinski definition) is 1. The van der Waals surface area contributed by atoms with Crippen LogP contribution < -0.4 is 10.1 Å². The maximum Gasteiger partial charge on any atom is 0.259 e. The summed E-state index contributed by atoms with van der Waals surface area (Å²) in [5.74, 6) is 1.98. The predicted molar refractivity (Wildman–Crippen MR) is 104 cm³/mol. The molecule has 1 heterocycles. The molecule has 0 spiro atoms. The molecular formula is C19H23N3O3S. The lowest BCUT2D eigenvalue weighted by atomic mass is 10.3. The Morgan fingerprint density at radius 2 is 1.92 bits per heavy atom. The van der Waals surface area contributed by atoms with Crippen LogP contribution >= 0.6 is 11.8 Å². The lowest BCUT2D eigenvalue weighted by molar-refractivity contribution is -0.130. The number of carbonyl (C=O) groups excluding carboxylic acids is 2. The van der Waals surface area contributed by atoms with Crippen LogP contribution in [0.15, 0.2) is 48.7 Å². The van der Waals surface area contributed by atoms with Gasteiger partial charge in [-0.2, -0.15) is 11.8 Å². The zero-order chi connectivity index (χ0) is 18.8. The van der Waals surface area contributed by atoms with Gasteiger partial charge in [0, 0.05) is 43.9 Å². The van der Waals surface area contributed by atoms with Gasteiger partial charge in [-0.15, -0.1) is 0 Å². The number of likely N-dealkylation sites (N-methyl/N-ethyl adjacent to an activating group) is 1. The highest BCUT2D eigenvalue weighted by Gasteiger charge is 2.06. The summed E-state index contributed by atoms with van der Waals surface area (Å²) in [7, 11) is 3.36. The second-order valence-electron chi connectivity index (χ2n) is 5.77. The van der Waals surface area contributed by atoms with E-state index in [2.05, 4.69) is 10.3 Å². The minimum absolute atomic E-state index is 0.00774. The fraction of sp³-hybridized carbons (Fsp3) is 0.316. The number of hydrogen-bond acceptors (Lipinski definition) is 5. The summed E-state index contributed by atoms with van der Waals surface area (Å²) < 4.78 is 5.40. The molecule has 2 amide bonds. The van der Waals surface area contributed by atoms with Gasteiger partial charge in [0.15, 0.2) is 6.61 Å². The monoisotopic (exact) mass is 373 g/mol. The number of rotatable bonds is 9. The molecule has 0 atom stereocenters. The summed E-state index contributed by atoms with van der Waals surface area (Å²) in [6.07, 6.45) is 2.21. The third-order valence-corrected chi connectivity index (χ3v) is 4.44. The third-order valence-electron chi connectivity index (χ3n) is 3.45. The summed E-state index contributed by atoms with van der Waals surface area (Å²) >= 11 is 1.68. The van der Waals surface area contributed by atoms with E-state index in [-0.39, 0.29) is 18.4 Å². The number of aromatic nitrogens is 1. The molecule has 0 saturated heterocycles. The van der Waals surface area contributed by atoms with Gasteiger partial charge >= 0.3 is 0 Å². The molecule has 1 aromatic carbocycles. The Morgan fingerprint density at radius 1 is 1.15 bits per heavy atom. The maximum atomic E-state index is 12.0. The van der Waals surface area contributed by atoms with Gasteiger partial charge in [0.2, 0.25) is 5.91 Å². The molecule has 2 rings (SSSR count). The Balaban J connectivity index is 1.67. The van der Waals surface area contributed by atoms with E-state index < -0.39 is 0 Å². The van der Waals surface area contributed by atoms with Crippen LogP contribution in [0, 0.1) is 0 Å². The molecule has 0 aliphatic heterocycles. The van der Waals surface area contributed by atoms with Gasteiger partial charge in [-0.1, -0.05) is 6.07 Å². The molecule has 0 saturated carbocycles. The first-order chi connectivity index (χ1) is 12.5. The maximum absolute atomic E-state index is 12.0. The van der Waals surface area contributed by atoms with Crippen LogP contribution in [0.4, 0.5) is 5.69 Å². The average Bonchev–Trinajstić information content (AvgIpc) is 2.65. The number of thioether (sulfide) groups is 1. The lowest BCUT2D eigenvalue weighted by Crippen LogP contribution is -2.27. The third kappa shape index (κ3) is 7.14. The normalized spacial score (nSPS) is 10.2. The van der Waals surface area contributed by atoms with E-state index in [9.17, 15) is 9.59 Å². The lowest BCUT2D eigenvalue weighted by Gasteiger charge is -2.11. The second-order valence-corrected chi connectivity index (χ2v) is 6.88. The summed E-state index contributed by atoms with van der Waals surface area (Å²) in [6.45, 7) is -0.00774. The topological polar surface area (TPSA) is 71.5 Å². The quantitative estimate of drug-likeness (QED) is 0.685. The first kappa shape index (κ1) is 19.8. The minimum atomic E-state index is -0.106. The number of pyridine rings is 1. The molecular weight excluding hydrogens is 350 g/mol. The summed E-state index contributed by atoms with van der Waals surface area (Å²) in [5.41, 5.74) is 1.72. The Hall–Kier alpha value is -2.54. The van der Waals surface area contributed by atoms with E-state index in [1.54, 1.807) is 56.3 Å². The van der Waals surface area contributed by atoms with Gasteiger partial charge in [0.1, 0.15) is 5.75 Å². The molecule has 1 aromatic heterocycles. The highest BCUT2D eigenvalue weighted by atomic mass is 32.2. The molecule has 0 bridgehead atoms. The number of nitrogens with one attached hydrogen (secondary N) is 1. The fourth-order valence-corrected chi connectivity index (χ4v) is 2.81. The van der Waals surface area contributed by atoms with Crippen molar-refractivity contribution in [3.63, 3.8) is 0 Å². The highest BCUT2D eigenvalue weighted by Crippen LogP contribution is 2.16. The van der Waals surface area contributed by atoms with E-state index in [4.69, 9.17) is 4.74 Å². The van der Waals surface area contributed by atoms with Gasteiger partial charge in [-0.05, 0) is 36.4 Å². The van der Waals surface area contributed by atoms with Crippen LogP contribution in [0.2, 0.25) is 0 Å². The number of carbonyl (C=O) groups is 2. The van der Waals surface area contributed by atoms with Crippen LogP contribution in [0.25, 0.3) is 0 Å². The van der Waals surface area contributed by atoms with E-state index in [1.165, 1.54) is 4.90 Å². The number of benzene rings is 1. The molecule has 0 unspecified atom stereocenters. The van der Waals surface area contributed by atoms with Gasteiger partial charge in [0.25, 0.3) is 5.91 Å². The van der Waals surface area contributed by atoms with Crippen molar-refractivity contribution in [3.8, 4) is 5.75 Å². The molecule has 7 heteroatoms. The molecule has 138 valence electrons. The predicted octanol–water partition coefficient (Wildman–Crippen LogP) is 2.81. The Labute approximate surface area is 157 Å². The number of nitrogens with zero attached hydrogens (tertiary/aromatic N) is 2. The van der Waals surface area contributed by atoms with Crippen LogP contribution in [0.3, 0.4) is 0 Å². The van der Waals surface area contributed by atoms with Gasteiger partial charge in [0.05, 0.1) is 5.69 Å². The summed E-state index contributed by atoms with van der Waals surface area (Å²) in [4.78, 5) is 29.2. The van der Waals surface area contributed by atoms with Crippen molar-refractivity contribution in [2.75, 3.05) is 31.8 Å². The molecule has 0 radical (unpaired) electrons. The molecule has 0 aliphatic carbocycles. The van der Waals surface area contributed by atoms with Crippen molar-refractivity contribution in [1.29, 1.82) is 0 Å². The smallest absolute Gasteiger partial charge is 0.259 e. The first-order valence-corrected chi connectivity index (χ1v) is 9.40. The second kappa shape index (κ2) is 10.5. The zero-order valence-electron chi connectivity index (χ0n) is 15.0. The molecule has 0 fully saturated rings. The molecule has 0 aliphatic rings. The number of amides is 2. The van der Waals surface area contributed by atoms with Crippen LogP contribution in [0.5, 0.6) is 5.75 Å². The standard InChI is InChI=1S/C19H23N3O3S/c1-22(2)19(24)13-25-17-8-6-15(7-9-17)21-18(23)10-12-26-14-16-5-3-4-11-20-16/h3-9,11H,10,12-14H2,1-2H3,(H,21,23). The number of anilines is 1. The van der Waals surface area contributed by atoms with Crippen LogP contribution in [0.1, 0.15) is 12.1 Å². The minimum Gasteiger partial charge on any atom is -0.484 e. The van der Waals surface area contributed by atoms with Gasteiger partial charge in [-0.3, -0.25) is 14.6 Å². The molecule has 6 nitrogen and oxygen atoms in total. The average molecular weight is 373 g/mol. The molecule has 26 heavy (non-hydrogen) atoms. The van der Waals surface area contributed by atoms with E-state index in [0.29, 0.717) is 17.9 Å². The Bertz CT molecular complexity index is 706. The Kier molecular flexibility index (Phi) is 7.95. The van der Waals surface area contributed by atoms with E-state index in [0.717, 1.165) is 17.2 Å². The highest BCUT2D eigenvalue weighted by molar-refractivity contribution is 7.98. The van der Waals surface area contributed by atoms with Crippen molar-refractivity contribution in [2.45, 2.75) is 12.2 Å². The summed E-state index contributed by atoms with van der Waals surface area (Å²) in [5, 5.41) is 2.85. The van der Waals surface area contributed by atoms with Crippen molar-refractivity contribution in [3.05, 3.63) is 54.4 Å². The first-order valence-electron chi connectivity index (χ1n) is 8.25. The van der Waals surface area contributed by atoms with Crippen molar-refractivity contribution < 1.29 is 14.3 Å². The van der Waals surface area contributed by atoms with Gasteiger partial charge < -0.3 is 15.0 Å². The summed E-state index contributed by atoms with van der Waals surface area (Å²) in [6, 6.07) is 12.8. The molecule has 1 N–H and O–H groups in total. The fourth-order valence-electron chi connectivity index (χ4n) is 1.96. The largest absolute Gasteiger partial charge is 0.484 e. The van der Waals surface area contributed by atoms with E-state index >= 15 is 0 Å². The van der Waals surface area contributed by atoms with Crippen LogP contribution in [-0.4, -0.2) is 48.2 Å². The van der Waals surface area contributed by atoms with E-state index in [1.807, 2.05) is 18.2 Å². The van der Waals surface area contributed by atoms with Crippen LogP contribution in [-0.2, 0) is 15.3 Å². The number of ether oxygens (including phenoxy) is 1. The Morgan fingerprint density at radius 3 is 2.58 bits per heavy atom. The van der Waals surface area contributed by atoms with Crippen molar-refractivity contribution >= 4 is 29.3 Å². The van der Waals surface area contributed by atoms with Crippen molar-refractivity contribution in [2.24, 2.45) is 0 Å². The SMILES string of the molecule is CN(C)C(=O)COc1ccc(NC(=O)CCSCc2ccccn2)cc1. The van der Waals surface area contributed by atoms with Crippen molar-refractivity contribution in [1.82, 2.24) is 9.88 Å². The zero-order valence-corrected chi connectivity index (χ0v) is 15.8.